The molecule has 0 atom stereocenters. The van der Waals surface area contributed by atoms with Gasteiger partial charge in [0.15, 0.2) is 11.2 Å². The molecule has 0 spiro atoms. The Morgan fingerprint density at radius 1 is 1.39 bits per heavy atom. The summed E-state index contributed by atoms with van der Waals surface area (Å²) in [6, 6.07) is 5.17. The van der Waals surface area contributed by atoms with E-state index in [4.69, 9.17) is 10.8 Å². The van der Waals surface area contributed by atoms with Gasteiger partial charge in [0.05, 0.1) is 11.9 Å². The Bertz CT molecular complexity index is 850. The van der Waals surface area contributed by atoms with Crippen molar-refractivity contribution >= 4 is 17.0 Å². The maximum atomic E-state index is 12.0. The van der Waals surface area contributed by atoms with E-state index in [9.17, 15) is 9.59 Å². The van der Waals surface area contributed by atoms with Gasteiger partial charge in [-0.1, -0.05) is 6.07 Å². The lowest BCUT2D eigenvalue weighted by molar-refractivity contribution is -0.120. The molecule has 0 saturated carbocycles. The minimum atomic E-state index is -0.504. The average molecular weight is 312 g/mol. The molecule has 0 fully saturated rings. The van der Waals surface area contributed by atoms with Crippen LogP contribution in [0.3, 0.4) is 0 Å². The summed E-state index contributed by atoms with van der Waals surface area (Å²) in [5, 5.41) is 10.9. The third kappa shape index (κ3) is 3.66. The zero-order valence-corrected chi connectivity index (χ0v) is 12.5. The van der Waals surface area contributed by atoms with Gasteiger partial charge in [0, 0.05) is 25.8 Å². The van der Waals surface area contributed by atoms with E-state index in [1.165, 1.54) is 0 Å². The Balaban J connectivity index is 1.49. The largest absolute Gasteiger partial charge is 0.417 e. The molecule has 1 aromatic carbocycles. The molecule has 0 saturated heterocycles. The number of amides is 1. The number of terminal acetylenes is 1. The van der Waals surface area contributed by atoms with E-state index in [0.29, 0.717) is 30.5 Å². The summed E-state index contributed by atoms with van der Waals surface area (Å²) in [5.74, 6) is 1.97. The van der Waals surface area contributed by atoms with E-state index < -0.39 is 5.76 Å². The predicted molar refractivity (Wildman–Crippen MR) is 83.8 cm³/mol. The molecule has 2 aromatic rings. The fourth-order valence-electron chi connectivity index (χ4n) is 2.43. The van der Waals surface area contributed by atoms with E-state index in [2.05, 4.69) is 26.4 Å². The summed E-state index contributed by atoms with van der Waals surface area (Å²) >= 11 is 0. The minimum absolute atomic E-state index is 0.0945. The van der Waals surface area contributed by atoms with Crippen molar-refractivity contribution < 1.29 is 9.21 Å². The van der Waals surface area contributed by atoms with Gasteiger partial charge in [-0.05, 0) is 17.7 Å². The van der Waals surface area contributed by atoms with E-state index >= 15 is 0 Å². The molecular formula is C16H16N4O3. The molecule has 1 aliphatic rings. The minimum Gasteiger partial charge on any atom is -0.408 e. The van der Waals surface area contributed by atoms with Crippen LogP contribution in [0.5, 0.6) is 0 Å². The molecule has 2 N–H and O–H groups in total. The molecule has 118 valence electrons. The topological polar surface area (TPSA) is 99.8 Å². The molecule has 7 heteroatoms. The van der Waals surface area contributed by atoms with Crippen LogP contribution in [0.1, 0.15) is 24.8 Å². The van der Waals surface area contributed by atoms with Crippen molar-refractivity contribution in [1.82, 2.24) is 10.3 Å². The predicted octanol–water partition coefficient (Wildman–Crippen LogP) is 1.75. The third-order valence-corrected chi connectivity index (χ3v) is 3.75. The normalized spacial score (nSPS) is 14.6. The van der Waals surface area contributed by atoms with Crippen molar-refractivity contribution in [1.29, 1.82) is 0 Å². The van der Waals surface area contributed by atoms with Crippen LogP contribution in [-0.4, -0.2) is 23.1 Å². The number of aromatic nitrogens is 1. The lowest BCUT2D eigenvalue weighted by Gasteiger charge is -2.09. The number of hydrogen-bond acceptors (Lipinski definition) is 5. The number of nitrogens with zero attached hydrogens (tertiary/aromatic N) is 2. The number of hydrogen-bond donors (Lipinski definition) is 2. The van der Waals surface area contributed by atoms with Crippen LogP contribution in [-0.2, 0) is 11.2 Å². The molecule has 3 rings (SSSR count). The summed E-state index contributed by atoms with van der Waals surface area (Å²) in [6.45, 7) is 0.501. The van der Waals surface area contributed by atoms with Crippen LogP contribution in [0.25, 0.3) is 11.1 Å². The first-order chi connectivity index (χ1) is 11.1. The smallest absolute Gasteiger partial charge is 0.408 e. The van der Waals surface area contributed by atoms with Gasteiger partial charge in [0.2, 0.25) is 5.91 Å². The zero-order valence-electron chi connectivity index (χ0n) is 12.5. The lowest BCUT2D eigenvalue weighted by Crippen LogP contribution is -2.29. The average Bonchev–Trinajstić information content (AvgIpc) is 3.18. The fraction of sp³-hybridized carbons (Fsp3) is 0.375. The van der Waals surface area contributed by atoms with Gasteiger partial charge in [-0.25, -0.2) is 4.79 Å². The number of aromatic amines is 1. The number of benzene rings is 1. The Kier molecular flexibility index (Phi) is 3.98. The number of carbonyl (C=O) groups is 1. The summed E-state index contributed by atoms with van der Waals surface area (Å²) in [4.78, 5) is 25.6. The molecule has 0 radical (unpaired) electrons. The van der Waals surface area contributed by atoms with E-state index in [-0.39, 0.29) is 18.0 Å². The van der Waals surface area contributed by atoms with E-state index in [0.717, 1.165) is 12.0 Å². The molecule has 0 aliphatic carbocycles. The third-order valence-electron chi connectivity index (χ3n) is 3.75. The van der Waals surface area contributed by atoms with Crippen molar-refractivity contribution in [3.63, 3.8) is 0 Å². The maximum absolute atomic E-state index is 12.0. The summed E-state index contributed by atoms with van der Waals surface area (Å²) in [6.07, 6.45) is 7.48. The van der Waals surface area contributed by atoms with Crippen molar-refractivity contribution in [3.8, 4) is 12.3 Å². The Morgan fingerprint density at radius 3 is 2.96 bits per heavy atom. The SMILES string of the molecule is C#CCCC1(CCNC(=O)Cc2ccc3oc(=O)[nH]c3c2)N=N1. The van der Waals surface area contributed by atoms with Gasteiger partial charge in [-0.15, -0.1) is 12.3 Å². The van der Waals surface area contributed by atoms with Gasteiger partial charge >= 0.3 is 5.76 Å². The Morgan fingerprint density at radius 2 is 2.22 bits per heavy atom. The zero-order chi connectivity index (χ0) is 16.3. The second-order valence-electron chi connectivity index (χ2n) is 5.51. The first-order valence-corrected chi connectivity index (χ1v) is 7.36. The Hall–Kier alpha value is -2.88. The highest BCUT2D eigenvalue weighted by Crippen LogP contribution is 2.35. The van der Waals surface area contributed by atoms with Crippen LogP contribution in [0.15, 0.2) is 37.6 Å². The van der Waals surface area contributed by atoms with Crippen molar-refractivity contribution in [2.75, 3.05) is 6.54 Å². The van der Waals surface area contributed by atoms with E-state index in [1.54, 1.807) is 18.2 Å². The molecular weight excluding hydrogens is 296 g/mol. The fourth-order valence-corrected chi connectivity index (χ4v) is 2.43. The molecule has 1 amide bonds. The number of rotatable bonds is 7. The van der Waals surface area contributed by atoms with Crippen molar-refractivity contribution in [2.24, 2.45) is 10.2 Å². The van der Waals surface area contributed by atoms with Crippen LogP contribution < -0.4 is 11.1 Å². The summed E-state index contributed by atoms with van der Waals surface area (Å²) in [5.41, 5.74) is 1.49. The highest BCUT2D eigenvalue weighted by atomic mass is 16.4. The molecule has 23 heavy (non-hydrogen) atoms. The Labute approximate surface area is 132 Å². The van der Waals surface area contributed by atoms with Crippen LogP contribution in [0, 0.1) is 12.3 Å². The number of nitrogens with one attached hydrogen (secondary N) is 2. The standard InChI is InChI=1S/C16H16N4O3/c1-2-3-6-16(19-20-16)7-8-17-14(21)10-11-4-5-13-12(9-11)18-15(22)23-13/h1,4-5,9H,3,6-8,10H2,(H,17,21)(H,18,22). The number of fused-ring (bicyclic) bond motifs is 1. The summed E-state index contributed by atoms with van der Waals surface area (Å²) in [7, 11) is 0. The second kappa shape index (κ2) is 6.08. The van der Waals surface area contributed by atoms with Crippen LogP contribution in [0.4, 0.5) is 0 Å². The van der Waals surface area contributed by atoms with Gasteiger partial charge in [0.25, 0.3) is 0 Å². The second-order valence-corrected chi connectivity index (χ2v) is 5.51. The summed E-state index contributed by atoms with van der Waals surface area (Å²) < 4.78 is 4.92. The molecule has 0 bridgehead atoms. The van der Waals surface area contributed by atoms with Crippen molar-refractivity contribution in [2.45, 2.75) is 31.3 Å². The van der Waals surface area contributed by atoms with Gasteiger partial charge in [-0.2, -0.15) is 10.2 Å². The first-order valence-electron chi connectivity index (χ1n) is 7.36. The number of carbonyl (C=O) groups excluding carboxylic acids is 1. The molecule has 1 aliphatic heterocycles. The van der Waals surface area contributed by atoms with Gasteiger partial charge in [0.1, 0.15) is 0 Å². The van der Waals surface area contributed by atoms with Crippen LogP contribution >= 0.6 is 0 Å². The molecule has 7 nitrogen and oxygen atoms in total. The van der Waals surface area contributed by atoms with Gasteiger partial charge in [-0.3, -0.25) is 9.78 Å². The quantitative estimate of drug-likeness (QED) is 0.762. The molecule has 0 unspecified atom stereocenters. The molecule has 1 aromatic heterocycles. The van der Waals surface area contributed by atoms with Gasteiger partial charge < -0.3 is 9.73 Å². The lowest BCUT2D eigenvalue weighted by atomic mass is 10.0. The highest BCUT2D eigenvalue weighted by Gasteiger charge is 2.38. The van der Waals surface area contributed by atoms with E-state index in [1.807, 2.05) is 0 Å². The number of oxazole rings is 1. The maximum Gasteiger partial charge on any atom is 0.417 e. The number of H-pyrrole nitrogens is 1. The first kappa shape index (κ1) is 15.0. The highest BCUT2D eigenvalue weighted by molar-refractivity contribution is 5.80. The molecule has 2 heterocycles. The van der Waals surface area contributed by atoms with Crippen molar-refractivity contribution in [3.05, 3.63) is 34.3 Å². The van der Waals surface area contributed by atoms with Crippen LogP contribution in [0.2, 0.25) is 0 Å². The monoisotopic (exact) mass is 312 g/mol.